The van der Waals surface area contributed by atoms with Gasteiger partial charge in [-0.1, -0.05) is 0 Å². The molecule has 0 fully saturated rings. The van der Waals surface area contributed by atoms with Gasteiger partial charge in [-0.05, 0) is 35.9 Å². The zero-order valence-electron chi connectivity index (χ0n) is 14.7. The highest BCUT2D eigenvalue weighted by atomic mass is 16.7. The molecule has 3 aromatic rings. The SMILES string of the molecule is O=C(NCc1ccncc1)c1cncc(C(=O)Nc2ccc3c(c2)OCO3)c1. The molecule has 1 aliphatic heterocycles. The van der Waals surface area contributed by atoms with Crippen molar-refractivity contribution in [1.29, 1.82) is 0 Å². The summed E-state index contributed by atoms with van der Waals surface area (Å²) in [4.78, 5) is 32.8. The topological polar surface area (TPSA) is 102 Å². The largest absolute Gasteiger partial charge is 0.454 e. The van der Waals surface area contributed by atoms with E-state index in [9.17, 15) is 9.59 Å². The van der Waals surface area contributed by atoms with Crippen LogP contribution in [0.1, 0.15) is 26.3 Å². The fourth-order valence-electron chi connectivity index (χ4n) is 2.65. The third-order valence-corrected chi connectivity index (χ3v) is 4.10. The molecular formula is C20H16N4O4. The second kappa shape index (κ2) is 7.75. The van der Waals surface area contributed by atoms with E-state index in [4.69, 9.17) is 9.47 Å². The predicted molar refractivity (Wildman–Crippen MR) is 100 cm³/mol. The molecule has 0 spiro atoms. The minimum atomic E-state index is -0.379. The number of hydrogen-bond acceptors (Lipinski definition) is 6. The molecule has 4 rings (SSSR count). The summed E-state index contributed by atoms with van der Waals surface area (Å²) in [6.07, 6.45) is 6.13. The molecule has 0 saturated carbocycles. The van der Waals surface area contributed by atoms with Gasteiger partial charge in [0.2, 0.25) is 6.79 Å². The minimum Gasteiger partial charge on any atom is -0.454 e. The van der Waals surface area contributed by atoms with Gasteiger partial charge in [-0.25, -0.2) is 0 Å². The standard InChI is InChI=1S/C20H16N4O4/c25-19(23-9-13-3-5-21-6-4-13)14-7-15(11-22-10-14)20(26)24-16-1-2-17-18(8-16)28-12-27-17/h1-8,10-11H,9,12H2,(H,23,25)(H,24,26). The third kappa shape index (κ3) is 3.90. The Kier molecular flexibility index (Phi) is 4.83. The molecule has 0 atom stereocenters. The number of aromatic nitrogens is 2. The van der Waals surface area contributed by atoms with Gasteiger partial charge in [0, 0.05) is 43.1 Å². The van der Waals surface area contributed by atoms with E-state index < -0.39 is 0 Å². The molecule has 2 N–H and O–H groups in total. The third-order valence-electron chi connectivity index (χ3n) is 4.10. The molecule has 2 amide bonds. The van der Waals surface area contributed by atoms with Gasteiger partial charge in [0.15, 0.2) is 11.5 Å². The number of benzene rings is 1. The maximum atomic E-state index is 12.5. The van der Waals surface area contributed by atoms with Crippen LogP contribution in [0.4, 0.5) is 5.69 Å². The number of hydrogen-bond donors (Lipinski definition) is 2. The molecule has 140 valence electrons. The quantitative estimate of drug-likeness (QED) is 0.709. The van der Waals surface area contributed by atoms with Gasteiger partial charge < -0.3 is 20.1 Å². The molecule has 0 aliphatic carbocycles. The van der Waals surface area contributed by atoms with E-state index in [0.29, 0.717) is 29.3 Å². The van der Waals surface area contributed by atoms with Crippen LogP contribution in [0.25, 0.3) is 0 Å². The smallest absolute Gasteiger partial charge is 0.257 e. The number of fused-ring (bicyclic) bond motifs is 1. The van der Waals surface area contributed by atoms with E-state index >= 15 is 0 Å². The normalized spacial score (nSPS) is 11.7. The lowest BCUT2D eigenvalue weighted by Gasteiger charge is -2.08. The van der Waals surface area contributed by atoms with Gasteiger partial charge in [0.1, 0.15) is 0 Å². The summed E-state index contributed by atoms with van der Waals surface area (Å²) >= 11 is 0. The highest BCUT2D eigenvalue weighted by Gasteiger charge is 2.16. The van der Waals surface area contributed by atoms with Gasteiger partial charge in [0.25, 0.3) is 11.8 Å². The number of carbonyl (C=O) groups is 2. The van der Waals surface area contributed by atoms with Crippen molar-refractivity contribution in [3.8, 4) is 11.5 Å². The van der Waals surface area contributed by atoms with Crippen molar-refractivity contribution in [3.63, 3.8) is 0 Å². The first-order valence-electron chi connectivity index (χ1n) is 8.52. The van der Waals surface area contributed by atoms with E-state index in [1.807, 2.05) is 12.1 Å². The van der Waals surface area contributed by atoms with Crippen molar-refractivity contribution in [2.24, 2.45) is 0 Å². The van der Waals surface area contributed by atoms with Crippen molar-refractivity contribution in [1.82, 2.24) is 15.3 Å². The number of rotatable bonds is 5. The van der Waals surface area contributed by atoms with E-state index in [2.05, 4.69) is 20.6 Å². The molecule has 8 heteroatoms. The second-order valence-electron chi connectivity index (χ2n) is 6.02. The lowest BCUT2D eigenvalue weighted by molar-refractivity contribution is 0.0950. The Balaban J connectivity index is 1.42. The number of anilines is 1. The summed E-state index contributed by atoms with van der Waals surface area (Å²) in [5, 5.41) is 5.55. The van der Waals surface area contributed by atoms with Gasteiger partial charge >= 0.3 is 0 Å². The average Bonchev–Trinajstić information content (AvgIpc) is 3.21. The van der Waals surface area contributed by atoms with E-state index in [1.54, 1.807) is 30.6 Å². The first-order chi connectivity index (χ1) is 13.7. The van der Waals surface area contributed by atoms with Crippen molar-refractivity contribution >= 4 is 17.5 Å². The Labute approximate surface area is 160 Å². The summed E-state index contributed by atoms with van der Waals surface area (Å²) in [5.41, 5.74) is 2.05. The lowest BCUT2D eigenvalue weighted by atomic mass is 10.1. The highest BCUT2D eigenvalue weighted by Crippen LogP contribution is 2.34. The van der Waals surface area contributed by atoms with Crippen molar-refractivity contribution in [2.45, 2.75) is 6.54 Å². The van der Waals surface area contributed by atoms with Crippen LogP contribution in [0.15, 0.2) is 61.2 Å². The van der Waals surface area contributed by atoms with E-state index in [0.717, 1.165) is 5.56 Å². The van der Waals surface area contributed by atoms with Crippen LogP contribution in [-0.2, 0) is 6.54 Å². The van der Waals surface area contributed by atoms with Crippen LogP contribution in [0.2, 0.25) is 0 Å². The summed E-state index contributed by atoms with van der Waals surface area (Å²) in [6, 6.07) is 10.2. The number of ether oxygens (including phenoxy) is 2. The molecule has 1 aromatic carbocycles. The van der Waals surface area contributed by atoms with Crippen LogP contribution in [0.5, 0.6) is 11.5 Å². The molecule has 0 unspecified atom stereocenters. The Bertz CT molecular complexity index is 1020. The number of pyridine rings is 2. The molecular weight excluding hydrogens is 360 g/mol. The molecule has 1 aliphatic rings. The number of carbonyl (C=O) groups excluding carboxylic acids is 2. The van der Waals surface area contributed by atoms with Gasteiger partial charge in [-0.2, -0.15) is 0 Å². The van der Waals surface area contributed by atoms with Crippen LogP contribution >= 0.6 is 0 Å². The van der Waals surface area contributed by atoms with Crippen LogP contribution < -0.4 is 20.1 Å². The van der Waals surface area contributed by atoms with Crippen LogP contribution in [-0.4, -0.2) is 28.6 Å². The van der Waals surface area contributed by atoms with Crippen LogP contribution in [0.3, 0.4) is 0 Å². The maximum absolute atomic E-state index is 12.5. The van der Waals surface area contributed by atoms with E-state index in [1.165, 1.54) is 18.5 Å². The van der Waals surface area contributed by atoms with Crippen molar-refractivity contribution < 1.29 is 19.1 Å². The lowest BCUT2D eigenvalue weighted by Crippen LogP contribution is -2.23. The summed E-state index contributed by atoms with van der Waals surface area (Å²) < 4.78 is 10.5. The minimum absolute atomic E-state index is 0.160. The monoisotopic (exact) mass is 376 g/mol. The summed E-state index contributed by atoms with van der Waals surface area (Å²) in [6.45, 7) is 0.516. The van der Waals surface area contributed by atoms with E-state index in [-0.39, 0.29) is 24.2 Å². The maximum Gasteiger partial charge on any atom is 0.257 e. The predicted octanol–water partition coefficient (Wildman–Crippen LogP) is 2.39. The van der Waals surface area contributed by atoms with Crippen molar-refractivity contribution in [3.05, 3.63) is 77.9 Å². The zero-order valence-corrected chi connectivity index (χ0v) is 14.7. The number of amides is 2. The average molecular weight is 376 g/mol. The Morgan fingerprint density at radius 2 is 1.64 bits per heavy atom. The fraction of sp³-hybridized carbons (Fsp3) is 0.100. The van der Waals surface area contributed by atoms with Gasteiger partial charge in [-0.3, -0.25) is 19.6 Å². The fourth-order valence-corrected chi connectivity index (χ4v) is 2.65. The molecule has 28 heavy (non-hydrogen) atoms. The first kappa shape index (κ1) is 17.5. The van der Waals surface area contributed by atoms with Crippen molar-refractivity contribution in [2.75, 3.05) is 12.1 Å². The number of nitrogens with one attached hydrogen (secondary N) is 2. The summed E-state index contributed by atoms with van der Waals surface area (Å²) in [5.74, 6) is 0.505. The van der Waals surface area contributed by atoms with Gasteiger partial charge in [0.05, 0.1) is 11.1 Å². The molecule has 0 bridgehead atoms. The Morgan fingerprint density at radius 1 is 0.893 bits per heavy atom. The summed E-state index contributed by atoms with van der Waals surface area (Å²) in [7, 11) is 0. The highest BCUT2D eigenvalue weighted by molar-refractivity contribution is 6.06. The molecule has 8 nitrogen and oxygen atoms in total. The molecule has 0 saturated heterocycles. The molecule has 2 aromatic heterocycles. The zero-order chi connectivity index (χ0) is 19.3. The molecule has 3 heterocycles. The Hall–Kier alpha value is -3.94. The van der Waals surface area contributed by atoms with Crippen LogP contribution in [0, 0.1) is 0 Å². The molecule has 0 radical (unpaired) electrons. The Morgan fingerprint density at radius 3 is 2.46 bits per heavy atom. The first-order valence-corrected chi connectivity index (χ1v) is 8.52. The number of nitrogens with zero attached hydrogens (tertiary/aromatic N) is 2. The second-order valence-corrected chi connectivity index (χ2v) is 6.02. The van der Waals surface area contributed by atoms with Gasteiger partial charge in [-0.15, -0.1) is 0 Å².